The van der Waals surface area contributed by atoms with Crippen LogP contribution in [-0.2, 0) is 0 Å². The van der Waals surface area contributed by atoms with Crippen LogP contribution in [0.1, 0.15) is 0 Å². The Morgan fingerprint density at radius 2 is 1.06 bits per heavy atom. The molecule has 0 aliphatic heterocycles. The lowest BCUT2D eigenvalue weighted by atomic mass is 9.91. The molecule has 0 saturated carbocycles. The lowest BCUT2D eigenvalue weighted by Crippen LogP contribution is -1.89. The van der Waals surface area contributed by atoms with Crippen molar-refractivity contribution < 1.29 is 4.42 Å². The van der Waals surface area contributed by atoms with Gasteiger partial charge in [0.1, 0.15) is 16.3 Å². The molecule has 54 heavy (non-hydrogen) atoms. The highest BCUT2D eigenvalue weighted by Gasteiger charge is 2.17. The van der Waals surface area contributed by atoms with Crippen molar-refractivity contribution >= 4 is 76.6 Å². The van der Waals surface area contributed by atoms with Crippen LogP contribution in [0.4, 0.5) is 0 Å². The topological polar surface area (TPSA) is 26.0 Å². The zero-order valence-electron chi connectivity index (χ0n) is 29.1. The number of furan rings is 1. The van der Waals surface area contributed by atoms with Crippen molar-refractivity contribution in [3.63, 3.8) is 0 Å². The lowest BCUT2D eigenvalue weighted by molar-refractivity contribution is 0.673. The van der Waals surface area contributed by atoms with Gasteiger partial charge >= 0.3 is 0 Å². The van der Waals surface area contributed by atoms with Crippen LogP contribution < -0.4 is 0 Å². The van der Waals surface area contributed by atoms with E-state index in [1.165, 1.54) is 43.4 Å². The molecule has 0 N–H and O–H groups in total. The highest BCUT2D eigenvalue weighted by molar-refractivity contribution is 6.30. The maximum atomic E-state index is 6.79. The second-order valence-corrected chi connectivity index (χ2v) is 14.4. The first-order chi connectivity index (χ1) is 26.6. The van der Waals surface area contributed by atoms with Crippen molar-refractivity contribution in [2.24, 2.45) is 0 Å². The SMILES string of the molecule is Clc1cc(-c2cccc3oc4c5ccccc5ccc4c23)cc(-c2cccc(-c3ccc4ccc(-c5cc6ccccc6c6ccccc56)cc4c3)c2)n1. The number of aromatic nitrogens is 1. The summed E-state index contributed by atoms with van der Waals surface area (Å²) in [4.78, 5) is 4.82. The molecule has 0 aliphatic carbocycles. The third kappa shape index (κ3) is 4.99. The molecule has 0 unspecified atom stereocenters. The van der Waals surface area contributed by atoms with Gasteiger partial charge in [-0.1, -0.05) is 145 Å². The minimum atomic E-state index is 0.447. The average Bonchev–Trinajstić information content (AvgIpc) is 3.62. The molecule has 3 heteroatoms. The van der Waals surface area contributed by atoms with Gasteiger partial charge in [0.25, 0.3) is 0 Å². The molecule has 0 fully saturated rings. The Morgan fingerprint density at radius 1 is 0.370 bits per heavy atom. The predicted molar refractivity (Wildman–Crippen MR) is 228 cm³/mol. The first-order valence-electron chi connectivity index (χ1n) is 18.2. The minimum absolute atomic E-state index is 0.447. The number of pyridine rings is 1. The van der Waals surface area contributed by atoms with E-state index >= 15 is 0 Å². The van der Waals surface area contributed by atoms with Crippen molar-refractivity contribution in [2.45, 2.75) is 0 Å². The third-order valence-corrected chi connectivity index (χ3v) is 11.1. The summed E-state index contributed by atoms with van der Waals surface area (Å²) in [6.07, 6.45) is 0. The lowest BCUT2D eigenvalue weighted by Gasteiger charge is -2.13. The fourth-order valence-corrected chi connectivity index (χ4v) is 8.55. The zero-order valence-corrected chi connectivity index (χ0v) is 29.8. The molecule has 2 heterocycles. The Hall–Kier alpha value is -6.74. The number of hydrogen-bond donors (Lipinski definition) is 0. The van der Waals surface area contributed by atoms with Crippen molar-refractivity contribution in [1.29, 1.82) is 0 Å². The first-order valence-corrected chi connectivity index (χ1v) is 18.6. The molecule has 0 bridgehead atoms. The predicted octanol–water partition coefficient (Wildman–Crippen LogP) is 14.9. The summed E-state index contributed by atoms with van der Waals surface area (Å²) in [6, 6.07) is 64.8. The second-order valence-electron chi connectivity index (χ2n) is 14.1. The molecule has 0 atom stereocenters. The Morgan fingerprint density at radius 3 is 1.94 bits per heavy atom. The van der Waals surface area contributed by atoms with E-state index in [0.717, 1.165) is 66.2 Å². The van der Waals surface area contributed by atoms with Crippen LogP contribution in [-0.4, -0.2) is 4.98 Å². The van der Waals surface area contributed by atoms with Crippen molar-refractivity contribution in [3.8, 4) is 44.6 Å². The van der Waals surface area contributed by atoms with Gasteiger partial charge in [-0.2, -0.15) is 0 Å². The van der Waals surface area contributed by atoms with Crippen LogP contribution in [0, 0.1) is 0 Å². The number of hydrogen-bond acceptors (Lipinski definition) is 2. The molecule has 11 aromatic rings. The van der Waals surface area contributed by atoms with Crippen LogP contribution >= 0.6 is 11.6 Å². The Labute approximate surface area is 316 Å². The average molecular weight is 708 g/mol. The molecule has 2 nitrogen and oxygen atoms in total. The van der Waals surface area contributed by atoms with Gasteiger partial charge < -0.3 is 4.42 Å². The smallest absolute Gasteiger partial charge is 0.143 e. The summed E-state index contributed by atoms with van der Waals surface area (Å²) in [6.45, 7) is 0. The van der Waals surface area contributed by atoms with Crippen molar-refractivity contribution in [1.82, 2.24) is 4.98 Å². The van der Waals surface area contributed by atoms with Gasteiger partial charge in [0.2, 0.25) is 0 Å². The van der Waals surface area contributed by atoms with Crippen LogP contribution in [0.5, 0.6) is 0 Å². The molecule has 11 rings (SSSR count). The van der Waals surface area contributed by atoms with Crippen LogP contribution in [0.15, 0.2) is 186 Å². The summed E-state index contributed by atoms with van der Waals surface area (Å²) < 4.78 is 6.49. The second kappa shape index (κ2) is 12.2. The van der Waals surface area contributed by atoms with E-state index in [9.17, 15) is 0 Å². The maximum Gasteiger partial charge on any atom is 0.143 e. The molecule has 0 radical (unpaired) electrons. The number of rotatable bonds is 4. The van der Waals surface area contributed by atoms with Gasteiger partial charge in [-0.05, 0) is 120 Å². The number of nitrogens with zero attached hydrogens (tertiary/aromatic N) is 1. The van der Waals surface area contributed by atoms with Gasteiger partial charge in [0, 0.05) is 21.7 Å². The van der Waals surface area contributed by atoms with Crippen molar-refractivity contribution in [3.05, 3.63) is 187 Å². The summed E-state index contributed by atoms with van der Waals surface area (Å²) in [5.41, 5.74) is 10.4. The van der Waals surface area contributed by atoms with Crippen LogP contribution in [0.2, 0.25) is 5.15 Å². The minimum Gasteiger partial charge on any atom is -0.455 e. The highest BCUT2D eigenvalue weighted by Crippen LogP contribution is 2.41. The van der Waals surface area contributed by atoms with Gasteiger partial charge in [-0.25, -0.2) is 4.98 Å². The molecular formula is C51H30ClNO. The van der Waals surface area contributed by atoms with Gasteiger partial charge in [-0.3, -0.25) is 0 Å². The highest BCUT2D eigenvalue weighted by atomic mass is 35.5. The maximum absolute atomic E-state index is 6.79. The number of benzene rings is 9. The van der Waals surface area contributed by atoms with Crippen molar-refractivity contribution in [2.75, 3.05) is 0 Å². The van der Waals surface area contributed by atoms with E-state index in [4.69, 9.17) is 21.0 Å². The van der Waals surface area contributed by atoms with Crippen LogP contribution in [0.3, 0.4) is 0 Å². The molecular weight excluding hydrogens is 678 g/mol. The van der Waals surface area contributed by atoms with Gasteiger partial charge in [-0.15, -0.1) is 0 Å². The first kappa shape index (κ1) is 30.8. The summed E-state index contributed by atoms with van der Waals surface area (Å²) in [7, 11) is 0. The Balaban J connectivity index is 0.998. The summed E-state index contributed by atoms with van der Waals surface area (Å²) in [5, 5.41) is 12.3. The summed E-state index contributed by atoms with van der Waals surface area (Å²) >= 11 is 6.79. The molecule has 0 aliphatic rings. The summed E-state index contributed by atoms with van der Waals surface area (Å²) in [5.74, 6) is 0. The zero-order chi connectivity index (χ0) is 35.8. The van der Waals surface area contributed by atoms with Crippen LogP contribution in [0.25, 0.3) is 110 Å². The monoisotopic (exact) mass is 707 g/mol. The Bertz CT molecular complexity index is 3300. The molecule has 0 saturated heterocycles. The number of halogens is 1. The fourth-order valence-electron chi connectivity index (χ4n) is 8.34. The molecule has 2 aromatic heterocycles. The third-order valence-electron chi connectivity index (χ3n) is 10.9. The molecule has 252 valence electrons. The van der Waals surface area contributed by atoms with E-state index in [1.807, 2.05) is 18.2 Å². The fraction of sp³-hybridized carbons (Fsp3) is 0. The molecule has 0 spiro atoms. The quantitative estimate of drug-likeness (QED) is 0.134. The van der Waals surface area contributed by atoms with Gasteiger partial charge in [0.05, 0.1) is 5.69 Å². The van der Waals surface area contributed by atoms with Gasteiger partial charge in [0.15, 0.2) is 0 Å². The largest absolute Gasteiger partial charge is 0.455 e. The van der Waals surface area contributed by atoms with E-state index < -0.39 is 0 Å². The van der Waals surface area contributed by atoms with E-state index in [1.54, 1.807) is 0 Å². The Kier molecular flexibility index (Phi) is 6.95. The van der Waals surface area contributed by atoms with E-state index in [0.29, 0.717) is 5.15 Å². The molecule has 9 aromatic carbocycles. The molecule has 0 amide bonds. The number of fused-ring (bicyclic) bond motifs is 9. The van der Waals surface area contributed by atoms with E-state index in [-0.39, 0.29) is 0 Å². The standard InChI is InChI=1S/C51H30ClNO/c52-49-30-39(41-17-8-18-48-50(41)45-24-23-32-9-1-4-14-42(32)51(45)54-48)29-47(53-49)37-12-7-11-33(25-37)34-21-19-31-20-22-36(27-38(31)26-34)46-28-35-10-2-3-13-40(35)43-15-5-6-16-44(43)46/h1-30H. The van der Waals surface area contributed by atoms with E-state index in [2.05, 4.69) is 164 Å². The normalized spacial score (nSPS) is 11.8.